The van der Waals surface area contributed by atoms with Crippen LogP contribution in [0.2, 0.25) is 5.02 Å². The molecule has 2 unspecified atom stereocenters. The first-order valence-corrected chi connectivity index (χ1v) is 18.6. The van der Waals surface area contributed by atoms with E-state index in [1.165, 1.54) is 0 Å². The van der Waals surface area contributed by atoms with Crippen LogP contribution >= 0.6 is 22.9 Å². The van der Waals surface area contributed by atoms with Crippen molar-refractivity contribution in [3.05, 3.63) is 64.0 Å². The van der Waals surface area contributed by atoms with Gasteiger partial charge >= 0.3 is 11.9 Å². The zero-order chi connectivity index (χ0) is 33.5. The van der Waals surface area contributed by atoms with Gasteiger partial charge in [0.1, 0.15) is 5.02 Å². The molecule has 9 nitrogen and oxygen atoms in total. The van der Waals surface area contributed by atoms with Gasteiger partial charge in [-0.25, -0.2) is 18.0 Å². The van der Waals surface area contributed by atoms with E-state index >= 15 is 0 Å². The number of aromatic carboxylic acids is 1. The van der Waals surface area contributed by atoms with Gasteiger partial charge in [-0.15, -0.1) is 11.3 Å². The minimum Gasteiger partial charge on any atom is -0.479 e. The number of anilines is 2. The van der Waals surface area contributed by atoms with E-state index < -0.39 is 28.4 Å². The molecular formula is C34H43ClN2O7S2. The van der Waals surface area contributed by atoms with Gasteiger partial charge in [0.2, 0.25) is 0 Å². The SMILES string of the molecule is CCCCNc1cccc(CS(=O)(=O)CCC2CCC(Nc3cccc(-c4sc(C(=O)O)c(OCC(=O)O)c4Cl)c3)CC2(C)C)c1. The summed E-state index contributed by atoms with van der Waals surface area (Å²) in [6.07, 6.45) is 5.44. The van der Waals surface area contributed by atoms with Gasteiger partial charge in [0.25, 0.3) is 0 Å². The van der Waals surface area contributed by atoms with Crippen molar-refractivity contribution in [2.75, 3.05) is 29.5 Å². The van der Waals surface area contributed by atoms with Crippen molar-refractivity contribution in [2.24, 2.45) is 11.3 Å². The van der Waals surface area contributed by atoms with Gasteiger partial charge in [-0.3, -0.25) is 0 Å². The number of carbonyl (C=O) groups is 2. The van der Waals surface area contributed by atoms with Crippen LogP contribution in [0.25, 0.3) is 10.4 Å². The molecule has 0 bridgehead atoms. The Morgan fingerprint density at radius 2 is 1.83 bits per heavy atom. The molecule has 0 aliphatic heterocycles. The molecule has 3 aromatic rings. The highest BCUT2D eigenvalue weighted by molar-refractivity contribution is 7.90. The summed E-state index contributed by atoms with van der Waals surface area (Å²) in [6, 6.07) is 15.4. The van der Waals surface area contributed by atoms with E-state index in [-0.39, 0.29) is 44.5 Å². The molecule has 1 aliphatic rings. The lowest BCUT2D eigenvalue weighted by molar-refractivity contribution is -0.139. The molecule has 2 atom stereocenters. The Balaban J connectivity index is 1.36. The van der Waals surface area contributed by atoms with Gasteiger partial charge in [0.05, 0.1) is 16.4 Å². The predicted octanol–water partition coefficient (Wildman–Crippen LogP) is 8.05. The topological polar surface area (TPSA) is 142 Å². The summed E-state index contributed by atoms with van der Waals surface area (Å²) in [4.78, 5) is 23.1. The second kappa shape index (κ2) is 15.5. The second-order valence-corrected chi connectivity index (χ2v) is 16.2. The van der Waals surface area contributed by atoms with Crippen LogP contribution in [-0.2, 0) is 20.4 Å². The maximum atomic E-state index is 13.1. The molecule has 12 heteroatoms. The molecule has 250 valence electrons. The Morgan fingerprint density at radius 3 is 2.52 bits per heavy atom. The lowest BCUT2D eigenvalue weighted by Gasteiger charge is -2.43. The minimum atomic E-state index is -3.27. The zero-order valence-corrected chi connectivity index (χ0v) is 28.9. The number of nitrogens with one attached hydrogen (secondary N) is 2. The van der Waals surface area contributed by atoms with Crippen LogP contribution < -0.4 is 15.4 Å². The molecule has 0 amide bonds. The molecular weight excluding hydrogens is 648 g/mol. The van der Waals surface area contributed by atoms with E-state index in [9.17, 15) is 23.1 Å². The Kier molecular flexibility index (Phi) is 12.0. The van der Waals surface area contributed by atoms with E-state index in [1.807, 2.05) is 48.5 Å². The normalized spacial score (nSPS) is 17.7. The minimum absolute atomic E-state index is 0.0410. The summed E-state index contributed by atoms with van der Waals surface area (Å²) in [7, 11) is -3.27. The Bertz CT molecular complexity index is 1640. The molecule has 1 fully saturated rings. The van der Waals surface area contributed by atoms with Crippen LogP contribution in [0.5, 0.6) is 5.75 Å². The summed E-state index contributed by atoms with van der Waals surface area (Å²) < 4.78 is 31.5. The molecule has 2 aromatic carbocycles. The fourth-order valence-corrected chi connectivity index (χ4v) is 9.03. The first kappa shape index (κ1) is 35.6. The number of halogens is 1. The van der Waals surface area contributed by atoms with Crippen LogP contribution in [-0.4, -0.2) is 55.5 Å². The Labute approximate surface area is 280 Å². The first-order chi connectivity index (χ1) is 21.8. The third-order valence-corrected chi connectivity index (χ3v) is 11.8. The number of sulfone groups is 1. The highest BCUT2D eigenvalue weighted by atomic mass is 35.5. The van der Waals surface area contributed by atoms with Gasteiger partial charge in [0, 0.05) is 24.0 Å². The number of hydrogen-bond acceptors (Lipinski definition) is 8. The zero-order valence-electron chi connectivity index (χ0n) is 26.5. The third-order valence-electron chi connectivity index (χ3n) is 8.53. The monoisotopic (exact) mass is 690 g/mol. The van der Waals surface area contributed by atoms with Gasteiger partial charge in [-0.1, -0.05) is 63.1 Å². The van der Waals surface area contributed by atoms with Crippen LogP contribution in [0.1, 0.15) is 74.5 Å². The number of thiophene rings is 1. The standard InChI is InChI=1S/C34H43ClN2O7S2/c1-4-5-15-36-25-10-6-8-22(17-25)21-46(42,43)16-14-24-12-13-27(19-34(24,2)3)37-26-11-7-9-23(18-26)31-29(35)30(44-20-28(38)39)32(45-31)33(40)41/h6-11,17-18,24,27,36-37H,4-5,12-16,19-21H2,1-3H3,(H,38,39)(H,40,41). The molecule has 1 heterocycles. The number of unbranched alkanes of at least 4 members (excludes halogenated alkanes) is 1. The van der Waals surface area contributed by atoms with Crippen molar-refractivity contribution in [2.45, 2.75) is 71.1 Å². The number of rotatable bonds is 16. The number of ether oxygens (including phenoxy) is 1. The number of aliphatic carboxylic acids is 1. The van der Waals surface area contributed by atoms with Gasteiger partial charge in [0.15, 0.2) is 27.1 Å². The summed E-state index contributed by atoms with van der Waals surface area (Å²) in [5.74, 6) is -2.15. The lowest BCUT2D eigenvalue weighted by atomic mass is 9.66. The van der Waals surface area contributed by atoms with Crippen LogP contribution in [0.15, 0.2) is 48.5 Å². The summed E-state index contributed by atoms with van der Waals surface area (Å²) in [6.45, 7) is 6.72. The summed E-state index contributed by atoms with van der Waals surface area (Å²) in [5, 5.41) is 25.6. The molecule has 0 spiro atoms. The summed E-state index contributed by atoms with van der Waals surface area (Å²) in [5.41, 5.74) is 3.23. The molecule has 0 radical (unpaired) electrons. The van der Waals surface area contributed by atoms with E-state index in [4.69, 9.17) is 21.4 Å². The van der Waals surface area contributed by atoms with Gasteiger partial charge < -0.3 is 25.6 Å². The van der Waals surface area contributed by atoms with Crippen molar-refractivity contribution in [3.63, 3.8) is 0 Å². The Hall–Kier alpha value is -3.28. The maximum absolute atomic E-state index is 13.1. The van der Waals surface area contributed by atoms with E-state index in [2.05, 4.69) is 31.4 Å². The number of carboxylic acids is 2. The van der Waals surface area contributed by atoms with Crippen molar-refractivity contribution >= 4 is 56.1 Å². The van der Waals surface area contributed by atoms with Crippen LogP contribution in [0, 0.1) is 11.3 Å². The van der Waals surface area contributed by atoms with Crippen LogP contribution in [0.3, 0.4) is 0 Å². The fraction of sp³-hybridized carbons (Fsp3) is 0.471. The third kappa shape index (κ3) is 9.62. The largest absolute Gasteiger partial charge is 0.479 e. The molecule has 1 aliphatic carbocycles. The highest BCUT2D eigenvalue weighted by Crippen LogP contribution is 2.47. The van der Waals surface area contributed by atoms with Crippen molar-refractivity contribution in [1.82, 2.24) is 0 Å². The van der Waals surface area contributed by atoms with Gasteiger partial charge in [-0.2, -0.15) is 0 Å². The Morgan fingerprint density at radius 1 is 1.09 bits per heavy atom. The van der Waals surface area contributed by atoms with Crippen molar-refractivity contribution in [3.8, 4) is 16.2 Å². The molecule has 1 aromatic heterocycles. The second-order valence-electron chi connectivity index (χ2n) is 12.6. The van der Waals surface area contributed by atoms with Crippen LogP contribution in [0.4, 0.5) is 11.4 Å². The smallest absolute Gasteiger partial charge is 0.349 e. The summed E-state index contributed by atoms with van der Waals surface area (Å²) >= 11 is 7.43. The van der Waals surface area contributed by atoms with E-state index in [0.717, 1.165) is 66.9 Å². The molecule has 0 saturated heterocycles. The maximum Gasteiger partial charge on any atom is 0.349 e. The lowest BCUT2D eigenvalue weighted by Crippen LogP contribution is -2.39. The molecule has 46 heavy (non-hydrogen) atoms. The average molecular weight is 691 g/mol. The first-order valence-electron chi connectivity index (χ1n) is 15.6. The highest BCUT2D eigenvalue weighted by Gasteiger charge is 2.37. The van der Waals surface area contributed by atoms with E-state index in [0.29, 0.717) is 16.9 Å². The van der Waals surface area contributed by atoms with E-state index in [1.54, 1.807) is 0 Å². The predicted molar refractivity (Wildman–Crippen MR) is 185 cm³/mol. The van der Waals surface area contributed by atoms with Crippen molar-refractivity contribution < 1.29 is 33.0 Å². The van der Waals surface area contributed by atoms with Crippen molar-refractivity contribution in [1.29, 1.82) is 0 Å². The molecule has 4 N–H and O–H groups in total. The number of hydrogen-bond donors (Lipinski definition) is 4. The number of benzene rings is 2. The number of carboxylic acid groups (broad SMARTS) is 2. The van der Waals surface area contributed by atoms with Gasteiger partial charge in [-0.05, 0) is 78.8 Å². The molecule has 4 rings (SSSR count). The average Bonchev–Trinajstić information content (AvgIpc) is 3.31. The quantitative estimate of drug-likeness (QED) is 0.110. The fourth-order valence-electron chi connectivity index (χ4n) is 6.15. The molecule has 1 saturated carbocycles.